The molecule has 3 rings (SSSR count). The molecule has 15 N–H and O–H groups in total. The number of aliphatic hydroxyl groups is 7. The number of hydrogen-bond donors (Lipinski definition) is 12. The number of nitrogens with two attached hydrogens (primary N) is 3. The van der Waals surface area contributed by atoms with Crippen LogP contribution in [0.4, 0.5) is 0 Å². The van der Waals surface area contributed by atoms with Crippen molar-refractivity contribution in [2.75, 3.05) is 51.5 Å². The average molecular weight is 812 g/mol. The number of carbonyl (C=O) groups excluding carboxylic acids is 3. The molecule has 0 spiro atoms. The van der Waals surface area contributed by atoms with Gasteiger partial charge in [0.15, 0.2) is 0 Å². The first-order chi connectivity index (χ1) is 25.7. The van der Waals surface area contributed by atoms with Crippen LogP contribution in [0, 0.1) is 17.8 Å². The largest absolute Gasteiger partial charge is 0.396 e. The summed E-state index contributed by atoms with van der Waals surface area (Å²) < 4.78 is 18.0. The predicted molar refractivity (Wildman–Crippen MR) is 204 cm³/mol. The maximum Gasteiger partial charge on any atom is 0.230 e. The van der Waals surface area contributed by atoms with Gasteiger partial charge in [0.1, 0.15) is 5.78 Å². The zero-order valence-electron chi connectivity index (χ0n) is 31.2. The summed E-state index contributed by atoms with van der Waals surface area (Å²) in [5.41, 5.74) is 18.5. The van der Waals surface area contributed by atoms with Gasteiger partial charge in [0.25, 0.3) is 0 Å². The summed E-state index contributed by atoms with van der Waals surface area (Å²) in [6.45, 7) is 0.117. The summed E-state index contributed by atoms with van der Waals surface area (Å²) in [7, 11) is 1.54. The fraction of sp³-hybridized carbons (Fsp3) is 0.917. The second kappa shape index (κ2) is 25.0. The number of amides is 2. The Labute approximate surface area is 328 Å². The summed E-state index contributed by atoms with van der Waals surface area (Å²) in [5.74, 6) is -1.07. The second-order valence-corrected chi connectivity index (χ2v) is 16.0. The minimum atomic E-state index is -1.35. The molecule has 18 nitrogen and oxygen atoms in total. The smallest absolute Gasteiger partial charge is 0.230 e. The van der Waals surface area contributed by atoms with Gasteiger partial charge in [-0.05, 0) is 44.3 Å². The Kier molecular flexibility index (Phi) is 22.6. The standard InChI is InChI=1S/C35H65N5O13S.CH4/c1-39-25(43)7-8-40-26(44)17-54-10-4-6-21(42)5-2-3-9-51-22-12-19(31(46)34(49)27(22)36)15-53-24-13-20(32(47)35(50)29(24)38)16-52-23-11-18(14-41)30(45)33(48)28(23)37;/h18-20,22-24,27-35,41,45-50H,2-17,36-38H2,1H3,(H,39,43)(H,40,44);1H4. The van der Waals surface area contributed by atoms with Gasteiger partial charge in [-0.1, -0.05) is 7.43 Å². The molecule has 0 radical (unpaired) electrons. The molecule has 3 fully saturated rings. The third-order valence-corrected chi connectivity index (χ3v) is 12.0. The van der Waals surface area contributed by atoms with Gasteiger partial charge in [0.05, 0.1) is 92.0 Å². The van der Waals surface area contributed by atoms with Crippen LogP contribution in [-0.4, -0.2) is 178 Å². The Bertz CT molecular complexity index is 1150. The third-order valence-electron chi connectivity index (χ3n) is 11.0. The highest BCUT2D eigenvalue weighted by Crippen LogP contribution is 2.33. The lowest BCUT2D eigenvalue weighted by Gasteiger charge is -2.44. The lowest BCUT2D eigenvalue weighted by Crippen LogP contribution is -2.62. The number of nitrogens with one attached hydrogen (secondary N) is 2. The fourth-order valence-corrected chi connectivity index (χ4v) is 8.10. The van der Waals surface area contributed by atoms with Gasteiger partial charge in [-0.15, -0.1) is 0 Å². The molecular formula is C36H69N5O13S. The highest BCUT2D eigenvalue weighted by molar-refractivity contribution is 7.99. The SMILES string of the molecule is C.CNC(=O)CCNC(=O)CSCCCC(=O)CCCCOC1CC(COC2CC(COC3CC(CO)C(O)C(O)C3N)C(O)C(O)C2N)C(O)C(O)C1N. The van der Waals surface area contributed by atoms with Crippen molar-refractivity contribution in [1.82, 2.24) is 10.6 Å². The van der Waals surface area contributed by atoms with Crippen LogP contribution in [-0.2, 0) is 28.6 Å². The molecule has 0 aromatic heterocycles. The molecule has 0 bridgehead atoms. The Morgan fingerprint density at radius 3 is 1.64 bits per heavy atom. The predicted octanol–water partition coefficient (Wildman–Crippen LogP) is -3.52. The van der Waals surface area contributed by atoms with Crippen molar-refractivity contribution in [3.8, 4) is 0 Å². The van der Waals surface area contributed by atoms with Gasteiger partial charge in [-0.3, -0.25) is 14.4 Å². The van der Waals surface area contributed by atoms with E-state index >= 15 is 0 Å². The van der Waals surface area contributed by atoms with Crippen molar-refractivity contribution >= 4 is 29.4 Å². The van der Waals surface area contributed by atoms with Crippen LogP contribution in [0.1, 0.15) is 65.2 Å². The van der Waals surface area contributed by atoms with Crippen molar-refractivity contribution in [2.24, 2.45) is 35.0 Å². The highest BCUT2D eigenvalue weighted by atomic mass is 32.2. The second-order valence-electron chi connectivity index (χ2n) is 14.9. The number of hydrogen-bond acceptors (Lipinski definition) is 17. The minimum absolute atomic E-state index is 0. The quantitative estimate of drug-likeness (QED) is 0.0472. The molecule has 3 saturated carbocycles. The van der Waals surface area contributed by atoms with E-state index in [1.165, 1.54) is 18.8 Å². The van der Waals surface area contributed by atoms with Crippen LogP contribution in [0.3, 0.4) is 0 Å². The van der Waals surface area contributed by atoms with E-state index in [9.17, 15) is 50.1 Å². The van der Waals surface area contributed by atoms with E-state index in [0.29, 0.717) is 44.5 Å². The lowest BCUT2D eigenvalue weighted by molar-refractivity contribution is -0.167. The van der Waals surface area contributed by atoms with E-state index in [4.69, 9.17) is 31.4 Å². The van der Waals surface area contributed by atoms with Crippen molar-refractivity contribution in [3.05, 3.63) is 0 Å². The highest BCUT2D eigenvalue weighted by Gasteiger charge is 2.47. The van der Waals surface area contributed by atoms with Gasteiger partial charge >= 0.3 is 0 Å². The third kappa shape index (κ3) is 15.0. The number of Topliss-reactive ketones (excluding diaryl/α,β-unsaturated/α-hetero) is 1. The number of rotatable bonds is 22. The molecule has 19 heteroatoms. The summed E-state index contributed by atoms with van der Waals surface area (Å²) in [4.78, 5) is 35.3. The monoisotopic (exact) mass is 811 g/mol. The number of aliphatic hydroxyl groups excluding tert-OH is 7. The molecule has 0 saturated heterocycles. The molecule has 15 unspecified atom stereocenters. The summed E-state index contributed by atoms with van der Waals surface area (Å²) in [5, 5.41) is 78.2. The summed E-state index contributed by atoms with van der Waals surface area (Å²) in [6, 6.07) is -2.72. The zero-order chi connectivity index (χ0) is 39.9. The maximum atomic E-state index is 12.3. The normalized spacial score (nSPS) is 36.5. The molecule has 0 aliphatic heterocycles. The molecule has 15 atom stereocenters. The molecule has 3 aliphatic rings. The van der Waals surface area contributed by atoms with Crippen LogP contribution in [0.2, 0.25) is 0 Å². The number of ether oxygens (including phenoxy) is 3. The van der Waals surface area contributed by atoms with Crippen LogP contribution in [0.25, 0.3) is 0 Å². The topological polar surface area (TPSA) is 323 Å². The molecule has 3 aliphatic carbocycles. The first-order valence-corrected chi connectivity index (χ1v) is 20.2. The Morgan fingerprint density at radius 2 is 1.13 bits per heavy atom. The number of carbonyl (C=O) groups is 3. The molecule has 55 heavy (non-hydrogen) atoms. The van der Waals surface area contributed by atoms with Crippen LogP contribution in [0.15, 0.2) is 0 Å². The van der Waals surface area contributed by atoms with E-state index < -0.39 is 90.8 Å². The molecule has 0 heterocycles. The number of unbranched alkanes of at least 4 members (excludes halogenated alkanes) is 1. The van der Waals surface area contributed by atoms with E-state index in [0.717, 1.165) is 0 Å². The van der Waals surface area contributed by atoms with Gasteiger partial charge in [-0.25, -0.2) is 0 Å². The first kappa shape index (κ1) is 49.6. The van der Waals surface area contributed by atoms with Crippen molar-refractivity contribution < 1.29 is 64.3 Å². The van der Waals surface area contributed by atoms with Gasteiger partial charge < -0.3 is 77.8 Å². The summed E-state index contributed by atoms with van der Waals surface area (Å²) in [6.07, 6.45) is -6.07. The van der Waals surface area contributed by atoms with Crippen LogP contribution >= 0.6 is 11.8 Å². The van der Waals surface area contributed by atoms with Crippen molar-refractivity contribution in [3.63, 3.8) is 0 Å². The summed E-state index contributed by atoms with van der Waals surface area (Å²) >= 11 is 1.44. The minimum Gasteiger partial charge on any atom is -0.396 e. The Morgan fingerprint density at radius 1 is 0.655 bits per heavy atom. The van der Waals surface area contributed by atoms with Gasteiger partial charge in [0, 0.05) is 63.8 Å². The van der Waals surface area contributed by atoms with Crippen LogP contribution in [0.5, 0.6) is 0 Å². The van der Waals surface area contributed by atoms with E-state index in [1.807, 2.05) is 0 Å². The first-order valence-electron chi connectivity index (χ1n) is 19.1. The number of ketones is 1. The van der Waals surface area contributed by atoms with Crippen molar-refractivity contribution in [2.45, 2.75) is 138 Å². The molecule has 0 aromatic rings. The lowest BCUT2D eigenvalue weighted by atomic mass is 9.78. The van der Waals surface area contributed by atoms with Crippen LogP contribution < -0.4 is 27.8 Å². The van der Waals surface area contributed by atoms with Gasteiger partial charge in [-0.2, -0.15) is 11.8 Å². The fourth-order valence-electron chi connectivity index (χ4n) is 7.32. The van der Waals surface area contributed by atoms with E-state index in [-0.39, 0.29) is 82.8 Å². The zero-order valence-corrected chi connectivity index (χ0v) is 32.0. The van der Waals surface area contributed by atoms with Crippen molar-refractivity contribution in [1.29, 1.82) is 0 Å². The Hall–Kier alpha value is -1.56. The maximum absolute atomic E-state index is 12.3. The molecule has 2 amide bonds. The average Bonchev–Trinajstić information content (AvgIpc) is 3.15. The molecular weight excluding hydrogens is 742 g/mol. The van der Waals surface area contributed by atoms with Gasteiger partial charge in [0.2, 0.25) is 11.8 Å². The molecule has 0 aromatic carbocycles. The van der Waals surface area contributed by atoms with E-state index in [1.54, 1.807) is 0 Å². The van der Waals surface area contributed by atoms with E-state index in [2.05, 4.69) is 10.6 Å². The molecule has 322 valence electrons. The Balaban J connectivity index is 0.0000105. The number of thioether (sulfide) groups is 1.